The first-order valence-corrected chi connectivity index (χ1v) is 6.83. The molecule has 1 saturated heterocycles. The monoisotopic (exact) mass is 257 g/mol. The lowest BCUT2D eigenvalue weighted by atomic mass is 10.1. The number of para-hydroxylation sites is 1. The van der Waals surface area contributed by atoms with Gasteiger partial charge in [-0.15, -0.1) is 0 Å². The van der Waals surface area contributed by atoms with Crippen LogP contribution in [0.1, 0.15) is 24.4 Å². The van der Waals surface area contributed by atoms with Crippen molar-refractivity contribution in [2.75, 3.05) is 13.1 Å². The van der Waals surface area contributed by atoms with E-state index in [0.29, 0.717) is 12.5 Å². The summed E-state index contributed by atoms with van der Waals surface area (Å²) in [6.45, 7) is 2.12. The van der Waals surface area contributed by atoms with Gasteiger partial charge in [0.15, 0.2) is 0 Å². The molecule has 3 rings (SSSR count). The molecule has 3 N–H and O–H groups in total. The summed E-state index contributed by atoms with van der Waals surface area (Å²) < 4.78 is 2.33. The van der Waals surface area contributed by atoms with Crippen LogP contribution in [0, 0.1) is 0 Å². The van der Waals surface area contributed by atoms with E-state index in [0.717, 1.165) is 36.9 Å². The minimum atomic E-state index is -0.270. The average molecular weight is 257 g/mol. The van der Waals surface area contributed by atoms with Gasteiger partial charge in [-0.2, -0.15) is 0 Å². The first-order chi connectivity index (χ1) is 9.25. The van der Waals surface area contributed by atoms with Crippen molar-refractivity contribution in [1.29, 1.82) is 0 Å². The Bertz CT molecular complexity index is 596. The highest BCUT2D eigenvalue weighted by Crippen LogP contribution is 2.28. The molecule has 4 nitrogen and oxygen atoms in total. The van der Waals surface area contributed by atoms with E-state index in [4.69, 9.17) is 5.73 Å². The van der Waals surface area contributed by atoms with E-state index >= 15 is 0 Å². The second-order valence-electron chi connectivity index (χ2n) is 5.20. The van der Waals surface area contributed by atoms with Crippen molar-refractivity contribution < 1.29 is 4.79 Å². The summed E-state index contributed by atoms with van der Waals surface area (Å²) in [4.78, 5) is 11.2. The number of primary amides is 1. The minimum Gasteiger partial charge on any atom is -0.369 e. The Morgan fingerprint density at radius 2 is 2.05 bits per heavy atom. The van der Waals surface area contributed by atoms with E-state index in [1.165, 1.54) is 5.52 Å². The van der Waals surface area contributed by atoms with Crippen LogP contribution in [0.25, 0.3) is 10.9 Å². The maximum absolute atomic E-state index is 11.2. The zero-order chi connectivity index (χ0) is 13.2. The molecule has 1 amide bonds. The van der Waals surface area contributed by atoms with Crippen LogP contribution in [0.5, 0.6) is 0 Å². The van der Waals surface area contributed by atoms with Crippen LogP contribution in [0.3, 0.4) is 0 Å². The summed E-state index contributed by atoms with van der Waals surface area (Å²) in [6, 6.07) is 8.79. The van der Waals surface area contributed by atoms with Crippen molar-refractivity contribution in [2.45, 2.75) is 25.3 Å². The summed E-state index contributed by atoms with van der Waals surface area (Å²) >= 11 is 0. The zero-order valence-electron chi connectivity index (χ0n) is 10.9. The smallest absolute Gasteiger partial charge is 0.221 e. The number of hydrogen-bond donors (Lipinski definition) is 2. The van der Waals surface area contributed by atoms with E-state index in [-0.39, 0.29) is 5.91 Å². The number of carbonyl (C=O) groups is 1. The van der Waals surface area contributed by atoms with Crippen LogP contribution in [0.2, 0.25) is 0 Å². The van der Waals surface area contributed by atoms with Crippen molar-refractivity contribution in [2.24, 2.45) is 5.73 Å². The number of rotatable bonds is 3. The normalized spacial score (nSPS) is 16.8. The van der Waals surface area contributed by atoms with Gasteiger partial charge in [0.05, 0.1) is 6.42 Å². The number of piperidine rings is 1. The molecule has 4 heteroatoms. The van der Waals surface area contributed by atoms with Gasteiger partial charge in [0, 0.05) is 23.1 Å². The standard InChI is InChI=1S/C15H19N3O/c16-15(19)9-11-10-18(12-5-7-17-8-6-12)14-4-2-1-3-13(11)14/h1-4,10,12,17H,5-9H2,(H2,16,19). The maximum atomic E-state index is 11.2. The maximum Gasteiger partial charge on any atom is 0.221 e. The molecule has 2 heterocycles. The topological polar surface area (TPSA) is 60.1 Å². The summed E-state index contributed by atoms with van der Waals surface area (Å²) in [6.07, 6.45) is 4.70. The number of benzene rings is 1. The highest BCUT2D eigenvalue weighted by atomic mass is 16.1. The van der Waals surface area contributed by atoms with E-state index in [1.54, 1.807) is 0 Å². The molecule has 0 atom stereocenters. The van der Waals surface area contributed by atoms with E-state index in [1.807, 2.05) is 12.1 Å². The predicted molar refractivity (Wildman–Crippen MR) is 76.0 cm³/mol. The van der Waals surface area contributed by atoms with Crippen LogP contribution in [0.4, 0.5) is 0 Å². The fourth-order valence-corrected chi connectivity index (χ4v) is 2.99. The Labute approximate surface area is 112 Å². The van der Waals surface area contributed by atoms with Crippen LogP contribution < -0.4 is 11.1 Å². The van der Waals surface area contributed by atoms with Crippen molar-refractivity contribution in [3.05, 3.63) is 36.0 Å². The Morgan fingerprint density at radius 3 is 2.79 bits per heavy atom. The Hall–Kier alpha value is -1.81. The first-order valence-electron chi connectivity index (χ1n) is 6.83. The number of nitrogens with one attached hydrogen (secondary N) is 1. The Balaban J connectivity index is 2.05. The lowest BCUT2D eigenvalue weighted by molar-refractivity contribution is -0.117. The van der Waals surface area contributed by atoms with Crippen molar-refractivity contribution in [3.8, 4) is 0 Å². The van der Waals surface area contributed by atoms with Gasteiger partial charge in [0.2, 0.25) is 5.91 Å². The van der Waals surface area contributed by atoms with E-state index in [2.05, 4.69) is 28.2 Å². The lowest BCUT2D eigenvalue weighted by Crippen LogP contribution is -2.29. The number of fused-ring (bicyclic) bond motifs is 1. The Morgan fingerprint density at radius 1 is 1.32 bits per heavy atom. The quantitative estimate of drug-likeness (QED) is 0.877. The third-order valence-electron chi connectivity index (χ3n) is 3.89. The molecule has 100 valence electrons. The van der Waals surface area contributed by atoms with Crippen LogP contribution in [-0.4, -0.2) is 23.6 Å². The molecule has 1 aromatic carbocycles. The fraction of sp³-hybridized carbons (Fsp3) is 0.400. The molecule has 1 fully saturated rings. The number of nitrogens with two attached hydrogens (primary N) is 1. The van der Waals surface area contributed by atoms with Gasteiger partial charge in [-0.1, -0.05) is 18.2 Å². The van der Waals surface area contributed by atoms with Gasteiger partial charge < -0.3 is 15.6 Å². The van der Waals surface area contributed by atoms with Gasteiger partial charge in [-0.05, 0) is 37.6 Å². The number of amides is 1. The molecule has 0 spiro atoms. The predicted octanol–water partition coefficient (Wildman–Crippen LogP) is 1.59. The van der Waals surface area contributed by atoms with Gasteiger partial charge in [0.25, 0.3) is 0 Å². The molecule has 1 aliphatic heterocycles. The number of aromatic nitrogens is 1. The average Bonchev–Trinajstić information content (AvgIpc) is 2.78. The molecule has 1 aromatic heterocycles. The van der Waals surface area contributed by atoms with Gasteiger partial charge in [0.1, 0.15) is 0 Å². The van der Waals surface area contributed by atoms with Gasteiger partial charge >= 0.3 is 0 Å². The third kappa shape index (κ3) is 2.36. The summed E-state index contributed by atoms with van der Waals surface area (Å²) in [7, 11) is 0. The lowest BCUT2D eigenvalue weighted by Gasteiger charge is -2.25. The highest BCUT2D eigenvalue weighted by Gasteiger charge is 2.18. The van der Waals surface area contributed by atoms with Gasteiger partial charge in [-0.3, -0.25) is 4.79 Å². The largest absolute Gasteiger partial charge is 0.369 e. The Kier molecular flexibility index (Phi) is 3.25. The second-order valence-corrected chi connectivity index (χ2v) is 5.20. The zero-order valence-corrected chi connectivity index (χ0v) is 10.9. The number of hydrogen-bond acceptors (Lipinski definition) is 2. The summed E-state index contributed by atoms with van der Waals surface area (Å²) in [5.74, 6) is -0.270. The molecule has 2 aromatic rings. The second kappa shape index (κ2) is 5.05. The molecule has 19 heavy (non-hydrogen) atoms. The van der Waals surface area contributed by atoms with E-state index in [9.17, 15) is 4.79 Å². The van der Waals surface area contributed by atoms with E-state index < -0.39 is 0 Å². The van der Waals surface area contributed by atoms with Crippen LogP contribution in [0.15, 0.2) is 30.5 Å². The van der Waals surface area contributed by atoms with Crippen molar-refractivity contribution in [3.63, 3.8) is 0 Å². The molecule has 0 aliphatic carbocycles. The van der Waals surface area contributed by atoms with Crippen molar-refractivity contribution >= 4 is 16.8 Å². The fourth-order valence-electron chi connectivity index (χ4n) is 2.99. The number of nitrogens with zero attached hydrogens (tertiary/aromatic N) is 1. The third-order valence-corrected chi connectivity index (χ3v) is 3.89. The molecule has 1 aliphatic rings. The molecular formula is C15H19N3O. The highest BCUT2D eigenvalue weighted by molar-refractivity contribution is 5.89. The molecule has 0 saturated carbocycles. The van der Waals surface area contributed by atoms with Gasteiger partial charge in [-0.25, -0.2) is 0 Å². The minimum absolute atomic E-state index is 0.270. The van der Waals surface area contributed by atoms with Crippen LogP contribution >= 0.6 is 0 Å². The summed E-state index contributed by atoms with van der Waals surface area (Å²) in [5, 5.41) is 4.54. The summed E-state index contributed by atoms with van der Waals surface area (Å²) in [5.41, 5.74) is 7.60. The molecular weight excluding hydrogens is 238 g/mol. The molecule has 0 radical (unpaired) electrons. The van der Waals surface area contributed by atoms with Crippen LogP contribution in [-0.2, 0) is 11.2 Å². The number of carbonyl (C=O) groups excluding carboxylic acids is 1. The molecule has 0 bridgehead atoms. The first kappa shape index (κ1) is 12.2. The molecule has 0 unspecified atom stereocenters. The SMILES string of the molecule is NC(=O)Cc1cn(C2CCNCC2)c2ccccc12. The van der Waals surface area contributed by atoms with Crippen molar-refractivity contribution in [1.82, 2.24) is 9.88 Å².